The van der Waals surface area contributed by atoms with Gasteiger partial charge in [0.2, 0.25) is 5.91 Å². The Morgan fingerprint density at radius 2 is 1.95 bits per heavy atom. The van der Waals surface area contributed by atoms with Gasteiger partial charge in [-0.3, -0.25) is 9.59 Å². The number of carbonyl (C=O) groups is 1. The molecule has 2 aromatic rings. The van der Waals surface area contributed by atoms with Crippen LogP contribution in [-0.4, -0.2) is 10.5 Å². The molecule has 0 saturated heterocycles. The maximum Gasteiger partial charge on any atom is 0.251 e. The van der Waals surface area contributed by atoms with Gasteiger partial charge in [0, 0.05) is 18.2 Å². The lowest BCUT2D eigenvalue weighted by Gasteiger charge is -2.10. The van der Waals surface area contributed by atoms with Crippen molar-refractivity contribution in [2.24, 2.45) is 5.73 Å². The lowest BCUT2D eigenvalue weighted by molar-refractivity contribution is 0.100. The third-order valence-electron chi connectivity index (χ3n) is 3.26. The summed E-state index contributed by atoms with van der Waals surface area (Å²) in [7, 11) is 0. The number of amides is 1. The number of fused-ring (bicyclic) bond motifs is 1. The molecule has 1 aromatic heterocycles. The van der Waals surface area contributed by atoms with Gasteiger partial charge in [0.15, 0.2) is 0 Å². The summed E-state index contributed by atoms with van der Waals surface area (Å²) in [6.45, 7) is 2.79. The fraction of sp³-hybridized carbons (Fsp3) is 0.333. The van der Waals surface area contributed by atoms with Gasteiger partial charge in [0.1, 0.15) is 0 Å². The van der Waals surface area contributed by atoms with Crippen molar-refractivity contribution in [2.75, 3.05) is 0 Å². The lowest BCUT2D eigenvalue weighted by Crippen LogP contribution is -2.20. The molecule has 0 aliphatic heterocycles. The number of nitrogens with two attached hydrogens (primary N) is 1. The van der Waals surface area contributed by atoms with Gasteiger partial charge >= 0.3 is 0 Å². The molecule has 1 aromatic carbocycles. The fourth-order valence-corrected chi connectivity index (χ4v) is 2.19. The second-order valence-corrected chi connectivity index (χ2v) is 4.67. The Morgan fingerprint density at radius 1 is 1.21 bits per heavy atom. The molecule has 4 nitrogen and oxygen atoms in total. The second-order valence-electron chi connectivity index (χ2n) is 4.67. The molecular weight excluding hydrogens is 240 g/mol. The van der Waals surface area contributed by atoms with Crippen LogP contribution in [0.1, 0.15) is 36.5 Å². The summed E-state index contributed by atoms with van der Waals surface area (Å²) in [6.07, 6.45) is 3.14. The first-order valence-corrected chi connectivity index (χ1v) is 6.57. The van der Waals surface area contributed by atoms with E-state index in [0.29, 0.717) is 12.1 Å². The van der Waals surface area contributed by atoms with Gasteiger partial charge in [-0.05, 0) is 30.0 Å². The number of unbranched alkanes of at least 4 members (excludes halogenated alkanes) is 2. The number of hydrogen-bond acceptors (Lipinski definition) is 2. The molecule has 0 fully saturated rings. The molecule has 100 valence electrons. The fourth-order valence-electron chi connectivity index (χ4n) is 2.19. The van der Waals surface area contributed by atoms with Crippen molar-refractivity contribution in [3.05, 3.63) is 46.2 Å². The predicted octanol–water partition coefficient (Wildman–Crippen LogP) is 2.29. The Labute approximate surface area is 111 Å². The van der Waals surface area contributed by atoms with Crippen molar-refractivity contribution in [3.63, 3.8) is 0 Å². The van der Waals surface area contributed by atoms with E-state index in [4.69, 9.17) is 5.73 Å². The van der Waals surface area contributed by atoms with Crippen LogP contribution in [0.25, 0.3) is 10.9 Å². The van der Waals surface area contributed by atoms with Gasteiger partial charge in [0.05, 0.1) is 5.52 Å². The third-order valence-corrected chi connectivity index (χ3v) is 3.26. The summed E-state index contributed by atoms with van der Waals surface area (Å²) in [5, 5.41) is 0.945. The average Bonchev–Trinajstić information content (AvgIpc) is 2.40. The van der Waals surface area contributed by atoms with E-state index in [1.54, 1.807) is 28.8 Å². The lowest BCUT2D eigenvalue weighted by atomic mass is 10.1. The van der Waals surface area contributed by atoms with E-state index in [0.717, 1.165) is 30.2 Å². The highest BCUT2D eigenvalue weighted by atomic mass is 16.1. The number of aryl methyl sites for hydroxylation is 1. The maximum absolute atomic E-state index is 12.0. The van der Waals surface area contributed by atoms with Crippen molar-refractivity contribution < 1.29 is 4.79 Å². The van der Waals surface area contributed by atoms with Gasteiger partial charge in [-0.1, -0.05) is 25.8 Å². The summed E-state index contributed by atoms with van der Waals surface area (Å²) in [6, 6.07) is 8.55. The minimum absolute atomic E-state index is 0.0368. The van der Waals surface area contributed by atoms with Gasteiger partial charge < -0.3 is 10.3 Å². The van der Waals surface area contributed by atoms with Crippen molar-refractivity contribution in [1.29, 1.82) is 0 Å². The smallest absolute Gasteiger partial charge is 0.251 e. The number of carbonyl (C=O) groups excluding carboxylic acids is 1. The van der Waals surface area contributed by atoms with Gasteiger partial charge in [-0.25, -0.2) is 0 Å². The van der Waals surface area contributed by atoms with Crippen LogP contribution in [0.2, 0.25) is 0 Å². The van der Waals surface area contributed by atoms with Crippen LogP contribution < -0.4 is 11.3 Å². The summed E-state index contributed by atoms with van der Waals surface area (Å²) >= 11 is 0. The van der Waals surface area contributed by atoms with Crippen LogP contribution in [-0.2, 0) is 6.54 Å². The number of benzene rings is 1. The Morgan fingerprint density at radius 3 is 2.63 bits per heavy atom. The Balaban J connectivity index is 2.52. The van der Waals surface area contributed by atoms with Crippen molar-refractivity contribution >= 4 is 16.8 Å². The molecule has 0 aliphatic carbocycles. The number of aromatic nitrogens is 1. The average molecular weight is 258 g/mol. The van der Waals surface area contributed by atoms with Crippen LogP contribution >= 0.6 is 0 Å². The first-order chi connectivity index (χ1) is 9.13. The Kier molecular flexibility index (Phi) is 4.00. The Hall–Kier alpha value is -2.10. The predicted molar refractivity (Wildman–Crippen MR) is 76.3 cm³/mol. The first-order valence-electron chi connectivity index (χ1n) is 6.57. The van der Waals surface area contributed by atoms with E-state index in [-0.39, 0.29) is 5.56 Å². The molecule has 0 radical (unpaired) electrons. The van der Waals surface area contributed by atoms with Gasteiger partial charge in [-0.15, -0.1) is 0 Å². The van der Waals surface area contributed by atoms with E-state index in [1.807, 2.05) is 6.07 Å². The molecule has 0 saturated carbocycles. The zero-order valence-corrected chi connectivity index (χ0v) is 11.1. The zero-order valence-electron chi connectivity index (χ0n) is 11.1. The Bertz CT molecular complexity index is 659. The van der Waals surface area contributed by atoms with E-state index in [9.17, 15) is 9.59 Å². The van der Waals surface area contributed by atoms with Gasteiger partial charge in [-0.2, -0.15) is 0 Å². The minimum atomic E-state index is -0.474. The highest BCUT2D eigenvalue weighted by Crippen LogP contribution is 2.15. The molecule has 2 N–H and O–H groups in total. The molecule has 0 bridgehead atoms. The molecule has 0 atom stereocenters. The maximum atomic E-state index is 12.0. The molecule has 4 heteroatoms. The van der Waals surface area contributed by atoms with Gasteiger partial charge in [0.25, 0.3) is 5.56 Å². The second kappa shape index (κ2) is 5.69. The zero-order chi connectivity index (χ0) is 13.8. The standard InChI is InChI=1S/C15H18N2O2/c1-2-3-4-9-17-13-10-12(15(16)19)6-5-11(13)7-8-14(17)18/h5-8,10H,2-4,9H2,1H3,(H2,16,19). The topological polar surface area (TPSA) is 65.1 Å². The third kappa shape index (κ3) is 2.84. The number of nitrogens with zero attached hydrogens (tertiary/aromatic N) is 1. The highest BCUT2D eigenvalue weighted by Gasteiger charge is 2.06. The summed E-state index contributed by atoms with van der Waals surface area (Å²) in [4.78, 5) is 23.2. The number of rotatable bonds is 5. The highest BCUT2D eigenvalue weighted by molar-refractivity contribution is 5.96. The normalized spacial score (nSPS) is 10.8. The molecule has 19 heavy (non-hydrogen) atoms. The molecule has 0 spiro atoms. The molecule has 2 rings (SSSR count). The first kappa shape index (κ1) is 13.3. The monoisotopic (exact) mass is 258 g/mol. The molecule has 1 amide bonds. The van der Waals surface area contributed by atoms with Crippen LogP contribution in [0, 0.1) is 0 Å². The summed E-state index contributed by atoms with van der Waals surface area (Å²) in [5.41, 5.74) is 6.46. The number of primary amides is 1. The number of pyridine rings is 1. The van der Waals surface area contributed by atoms with Crippen molar-refractivity contribution in [1.82, 2.24) is 4.57 Å². The molecule has 0 unspecified atom stereocenters. The van der Waals surface area contributed by atoms with E-state index in [2.05, 4.69) is 6.92 Å². The minimum Gasteiger partial charge on any atom is -0.366 e. The molecule has 1 heterocycles. The molecular formula is C15H18N2O2. The number of hydrogen-bond donors (Lipinski definition) is 1. The SMILES string of the molecule is CCCCCn1c(=O)ccc2ccc(C(N)=O)cc21. The van der Waals surface area contributed by atoms with E-state index in [1.165, 1.54) is 0 Å². The van der Waals surface area contributed by atoms with Crippen molar-refractivity contribution in [2.45, 2.75) is 32.7 Å². The quantitative estimate of drug-likeness (QED) is 0.836. The van der Waals surface area contributed by atoms with Crippen LogP contribution in [0.3, 0.4) is 0 Å². The largest absolute Gasteiger partial charge is 0.366 e. The van der Waals surface area contributed by atoms with Crippen molar-refractivity contribution in [3.8, 4) is 0 Å². The van der Waals surface area contributed by atoms with E-state index < -0.39 is 5.91 Å². The van der Waals surface area contributed by atoms with Crippen LogP contribution in [0.4, 0.5) is 0 Å². The molecule has 0 aliphatic rings. The van der Waals surface area contributed by atoms with Crippen LogP contribution in [0.5, 0.6) is 0 Å². The summed E-state index contributed by atoms with van der Waals surface area (Å²) in [5.74, 6) is -0.474. The van der Waals surface area contributed by atoms with E-state index >= 15 is 0 Å². The van der Waals surface area contributed by atoms with Crippen LogP contribution in [0.15, 0.2) is 35.1 Å². The summed E-state index contributed by atoms with van der Waals surface area (Å²) < 4.78 is 1.72.